The second-order valence-electron chi connectivity index (χ2n) is 7.53. The van der Waals surface area contributed by atoms with Gasteiger partial charge in [-0.25, -0.2) is 4.79 Å². The van der Waals surface area contributed by atoms with Crippen LogP contribution in [0.3, 0.4) is 0 Å². The Morgan fingerprint density at radius 1 is 1.10 bits per heavy atom. The molecule has 29 heavy (non-hydrogen) atoms. The average Bonchev–Trinajstić information content (AvgIpc) is 2.75. The van der Waals surface area contributed by atoms with Crippen LogP contribution in [0.4, 0.5) is 10.5 Å². The highest BCUT2D eigenvalue weighted by Crippen LogP contribution is 2.22. The number of piperidine rings is 1. The Hall–Kier alpha value is -2.54. The molecule has 1 atom stereocenters. The number of nitrogens with one attached hydrogen (secondary N) is 1. The summed E-state index contributed by atoms with van der Waals surface area (Å²) < 4.78 is 0. The zero-order chi connectivity index (χ0) is 21.0. The minimum atomic E-state index is -0.197. The third kappa shape index (κ3) is 5.09. The normalized spacial score (nSPS) is 19.7. The third-order valence-corrected chi connectivity index (χ3v) is 5.97. The molecule has 2 aliphatic heterocycles. The average molecular weight is 419 g/mol. The van der Waals surface area contributed by atoms with Gasteiger partial charge in [-0.1, -0.05) is 24.2 Å². The lowest BCUT2D eigenvalue weighted by Crippen LogP contribution is -2.54. The van der Waals surface area contributed by atoms with Crippen LogP contribution in [0, 0.1) is 12.8 Å². The van der Waals surface area contributed by atoms with Crippen molar-refractivity contribution < 1.29 is 14.4 Å². The quantitative estimate of drug-likeness (QED) is 0.767. The summed E-state index contributed by atoms with van der Waals surface area (Å²) in [5.41, 5.74) is 1.60. The number of anilines is 1. The van der Waals surface area contributed by atoms with Gasteiger partial charge in [0.05, 0.1) is 5.92 Å². The summed E-state index contributed by atoms with van der Waals surface area (Å²) >= 11 is 6.11. The number of rotatable bonds is 3. The van der Waals surface area contributed by atoms with Gasteiger partial charge < -0.3 is 20.0 Å². The molecule has 1 N–H and O–H groups in total. The lowest BCUT2D eigenvalue weighted by molar-refractivity contribution is -0.140. The number of benzene rings is 1. The van der Waals surface area contributed by atoms with Crippen LogP contribution in [0.25, 0.3) is 0 Å². The molecule has 1 unspecified atom stereocenters. The monoisotopic (exact) mass is 418 g/mol. The van der Waals surface area contributed by atoms with E-state index >= 15 is 0 Å². The number of aryl methyl sites for hydroxylation is 1. The summed E-state index contributed by atoms with van der Waals surface area (Å²) in [6.07, 6.45) is 2.90. The lowest BCUT2D eigenvalue weighted by atomic mass is 9.96. The molecule has 2 heterocycles. The third-order valence-electron chi connectivity index (χ3n) is 5.56. The second-order valence-corrected chi connectivity index (χ2v) is 7.94. The van der Waals surface area contributed by atoms with E-state index in [1.165, 1.54) is 6.08 Å². The number of hydrogen-bond acceptors (Lipinski definition) is 3. The van der Waals surface area contributed by atoms with E-state index in [2.05, 4.69) is 11.9 Å². The number of nitrogens with zero attached hydrogens (tertiary/aromatic N) is 3. The molecule has 7 nitrogen and oxygen atoms in total. The van der Waals surface area contributed by atoms with E-state index in [-0.39, 0.29) is 23.8 Å². The van der Waals surface area contributed by atoms with Crippen molar-refractivity contribution in [1.29, 1.82) is 0 Å². The number of piperazine rings is 1. The van der Waals surface area contributed by atoms with E-state index in [0.29, 0.717) is 50.0 Å². The summed E-state index contributed by atoms with van der Waals surface area (Å²) in [4.78, 5) is 42.4. The first-order valence-corrected chi connectivity index (χ1v) is 10.3. The van der Waals surface area contributed by atoms with Crippen LogP contribution in [0.15, 0.2) is 30.9 Å². The molecule has 1 aromatic rings. The first kappa shape index (κ1) is 21.2. The Kier molecular flexibility index (Phi) is 6.79. The number of hydrogen-bond donors (Lipinski definition) is 1. The van der Waals surface area contributed by atoms with E-state index in [9.17, 15) is 14.4 Å². The van der Waals surface area contributed by atoms with Gasteiger partial charge in [-0.2, -0.15) is 0 Å². The molecule has 0 bridgehead atoms. The second kappa shape index (κ2) is 9.31. The molecule has 1 aromatic carbocycles. The van der Waals surface area contributed by atoms with Crippen molar-refractivity contribution in [3.63, 3.8) is 0 Å². The van der Waals surface area contributed by atoms with Gasteiger partial charge in [0.1, 0.15) is 0 Å². The minimum Gasteiger partial charge on any atom is -0.339 e. The highest BCUT2D eigenvalue weighted by Gasteiger charge is 2.32. The SMILES string of the molecule is C=CC(=O)N1CCCC(C(=O)N2CCN(C(=O)Nc3ccc(C)c(Cl)c3)CC2)C1. The first-order valence-electron chi connectivity index (χ1n) is 9.91. The van der Waals surface area contributed by atoms with Crippen molar-refractivity contribution >= 4 is 35.1 Å². The molecular formula is C21H27ClN4O3. The van der Waals surface area contributed by atoms with Crippen molar-refractivity contribution in [3.05, 3.63) is 41.4 Å². The minimum absolute atomic E-state index is 0.0666. The number of amides is 4. The predicted molar refractivity (Wildman–Crippen MR) is 113 cm³/mol. The van der Waals surface area contributed by atoms with Crippen molar-refractivity contribution in [2.75, 3.05) is 44.6 Å². The lowest BCUT2D eigenvalue weighted by Gasteiger charge is -2.38. The first-order chi connectivity index (χ1) is 13.9. The van der Waals surface area contributed by atoms with E-state index in [1.54, 1.807) is 20.8 Å². The topological polar surface area (TPSA) is 73.0 Å². The number of carbonyl (C=O) groups is 3. The molecule has 2 aliphatic rings. The number of likely N-dealkylation sites (tertiary alicyclic amines) is 1. The largest absolute Gasteiger partial charge is 0.339 e. The molecule has 0 spiro atoms. The fraction of sp³-hybridized carbons (Fsp3) is 0.476. The summed E-state index contributed by atoms with van der Waals surface area (Å²) in [6, 6.07) is 5.21. The standard InChI is InChI=1S/C21H27ClN4O3/c1-3-19(27)26-8-4-5-16(14-26)20(28)24-9-11-25(12-10-24)21(29)23-17-7-6-15(2)18(22)13-17/h3,6-7,13,16H,1,4-5,8-12,14H2,2H3,(H,23,29). The molecule has 0 aromatic heterocycles. The van der Waals surface area contributed by atoms with Crippen LogP contribution in [-0.4, -0.2) is 71.8 Å². The number of urea groups is 1. The van der Waals surface area contributed by atoms with E-state index in [0.717, 1.165) is 18.4 Å². The molecule has 4 amide bonds. The molecule has 156 valence electrons. The van der Waals surface area contributed by atoms with Gasteiger partial charge in [-0.05, 0) is 43.5 Å². The van der Waals surface area contributed by atoms with E-state index < -0.39 is 0 Å². The van der Waals surface area contributed by atoms with Crippen LogP contribution in [0.2, 0.25) is 5.02 Å². The molecule has 0 radical (unpaired) electrons. The highest BCUT2D eigenvalue weighted by atomic mass is 35.5. The molecule has 0 saturated carbocycles. The number of carbonyl (C=O) groups excluding carboxylic acids is 3. The Morgan fingerprint density at radius 3 is 2.45 bits per heavy atom. The summed E-state index contributed by atoms with van der Waals surface area (Å²) in [6.45, 7) is 8.47. The summed E-state index contributed by atoms with van der Waals surface area (Å²) in [5, 5.41) is 3.46. The van der Waals surface area contributed by atoms with Crippen molar-refractivity contribution in [1.82, 2.24) is 14.7 Å². The Bertz CT molecular complexity index is 805. The molecule has 8 heteroatoms. The summed E-state index contributed by atoms with van der Waals surface area (Å²) in [5.74, 6) is -0.236. The molecule has 3 rings (SSSR count). The van der Waals surface area contributed by atoms with Gasteiger partial charge in [-0.15, -0.1) is 0 Å². The fourth-order valence-electron chi connectivity index (χ4n) is 3.77. The van der Waals surface area contributed by atoms with Crippen LogP contribution < -0.4 is 5.32 Å². The highest BCUT2D eigenvalue weighted by molar-refractivity contribution is 6.31. The van der Waals surface area contributed by atoms with Gasteiger partial charge in [0, 0.05) is 50.0 Å². The van der Waals surface area contributed by atoms with Gasteiger partial charge in [0.2, 0.25) is 11.8 Å². The van der Waals surface area contributed by atoms with Gasteiger partial charge in [-0.3, -0.25) is 9.59 Å². The summed E-state index contributed by atoms with van der Waals surface area (Å²) in [7, 11) is 0. The van der Waals surface area contributed by atoms with Gasteiger partial charge in [0.15, 0.2) is 0 Å². The van der Waals surface area contributed by atoms with Crippen molar-refractivity contribution in [2.45, 2.75) is 19.8 Å². The Labute approximate surface area is 176 Å². The Balaban J connectivity index is 1.51. The van der Waals surface area contributed by atoms with Crippen molar-refractivity contribution in [2.24, 2.45) is 5.92 Å². The van der Waals surface area contributed by atoms with Crippen LogP contribution in [0.1, 0.15) is 18.4 Å². The molecule has 0 aliphatic carbocycles. The van der Waals surface area contributed by atoms with E-state index in [1.807, 2.05) is 19.1 Å². The van der Waals surface area contributed by atoms with Crippen LogP contribution in [0.5, 0.6) is 0 Å². The van der Waals surface area contributed by atoms with E-state index in [4.69, 9.17) is 11.6 Å². The molecular weight excluding hydrogens is 392 g/mol. The van der Waals surface area contributed by atoms with Crippen LogP contribution >= 0.6 is 11.6 Å². The van der Waals surface area contributed by atoms with Crippen LogP contribution in [-0.2, 0) is 9.59 Å². The fourth-order valence-corrected chi connectivity index (χ4v) is 3.95. The maximum atomic E-state index is 12.9. The predicted octanol–water partition coefficient (Wildman–Crippen LogP) is 2.75. The number of halogens is 1. The molecule has 2 saturated heterocycles. The zero-order valence-corrected chi connectivity index (χ0v) is 17.5. The van der Waals surface area contributed by atoms with Crippen molar-refractivity contribution in [3.8, 4) is 0 Å². The van der Waals surface area contributed by atoms with Gasteiger partial charge in [0.25, 0.3) is 0 Å². The maximum absolute atomic E-state index is 12.9. The van der Waals surface area contributed by atoms with Gasteiger partial charge >= 0.3 is 6.03 Å². The molecule has 2 fully saturated rings. The Morgan fingerprint density at radius 2 is 1.79 bits per heavy atom. The zero-order valence-electron chi connectivity index (χ0n) is 16.7. The smallest absolute Gasteiger partial charge is 0.321 e. The maximum Gasteiger partial charge on any atom is 0.321 e.